The first-order chi connectivity index (χ1) is 17.7. The van der Waals surface area contributed by atoms with Crippen LogP contribution in [0.25, 0.3) is 21.8 Å². The predicted molar refractivity (Wildman–Crippen MR) is 145 cm³/mol. The summed E-state index contributed by atoms with van der Waals surface area (Å²) in [5, 5.41) is 22.1. The van der Waals surface area contributed by atoms with Crippen LogP contribution in [0, 0.1) is 0 Å². The lowest BCUT2D eigenvalue weighted by molar-refractivity contribution is 0.00757. The van der Waals surface area contributed by atoms with Gasteiger partial charge in [-0.25, -0.2) is 0 Å². The molecule has 0 aliphatic heterocycles. The topological polar surface area (TPSA) is 116 Å². The molecule has 2 aliphatic rings. The van der Waals surface area contributed by atoms with E-state index in [0.29, 0.717) is 0 Å². The van der Waals surface area contributed by atoms with Gasteiger partial charge in [0.25, 0.3) is 0 Å². The first-order valence-corrected chi connectivity index (χ1v) is 13.1. The maximum absolute atomic E-state index is 9.96. The summed E-state index contributed by atoms with van der Waals surface area (Å²) in [7, 11) is 0. The molecule has 7 heteroatoms. The van der Waals surface area contributed by atoms with E-state index in [-0.39, 0.29) is 29.9 Å². The second-order valence-corrected chi connectivity index (χ2v) is 9.68. The van der Waals surface area contributed by atoms with Crippen LogP contribution in [0.3, 0.4) is 0 Å². The number of aliphatic hydroxyl groups is 2. The van der Waals surface area contributed by atoms with E-state index in [2.05, 4.69) is 9.97 Å². The van der Waals surface area contributed by atoms with Gasteiger partial charge in [0.1, 0.15) is 34.7 Å². The van der Waals surface area contributed by atoms with E-state index in [1.807, 2.05) is 60.7 Å². The van der Waals surface area contributed by atoms with Crippen LogP contribution < -0.4 is 9.47 Å². The first-order valence-electron chi connectivity index (χ1n) is 13.1. The lowest BCUT2D eigenvalue weighted by Gasteiger charge is -2.28. The van der Waals surface area contributed by atoms with Gasteiger partial charge in [-0.2, -0.15) is 0 Å². The normalized spacial score (nSPS) is 23.4. The van der Waals surface area contributed by atoms with Gasteiger partial charge in [0.05, 0.1) is 12.2 Å². The third-order valence-electron chi connectivity index (χ3n) is 7.08. The smallest absolute Gasteiger partial charge is 0.146 e. The molecule has 0 bridgehead atoms. The molecule has 2 heterocycles. The van der Waals surface area contributed by atoms with Crippen molar-refractivity contribution >= 4 is 21.8 Å². The molecular formula is C30H36N2O5. The van der Waals surface area contributed by atoms with Crippen LogP contribution in [0.5, 0.6) is 11.5 Å². The third-order valence-corrected chi connectivity index (χ3v) is 7.08. The van der Waals surface area contributed by atoms with Crippen LogP contribution in [0.4, 0.5) is 0 Å². The molecule has 0 spiro atoms. The van der Waals surface area contributed by atoms with Gasteiger partial charge in [-0.15, -0.1) is 0 Å². The number of fused-ring (bicyclic) bond motifs is 2. The summed E-state index contributed by atoms with van der Waals surface area (Å²) in [6.07, 6.45) is 10.6. The first kappa shape index (κ1) is 26.8. The minimum Gasteiger partial charge on any atom is -0.485 e. The molecule has 196 valence electrons. The Morgan fingerprint density at radius 2 is 0.973 bits per heavy atom. The summed E-state index contributed by atoms with van der Waals surface area (Å²) in [5.41, 5.74) is 1.75. The van der Waals surface area contributed by atoms with Gasteiger partial charge in [0.2, 0.25) is 0 Å². The summed E-state index contributed by atoms with van der Waals surface area (Å²) in [6, 6.07) is 19.7. The Morgan fingerprint density at radius 3 is 1.41 bits per heavy atom. The molecule has 0 amide bonds. The molecular weight excluding hydrogens is 468 g/mol. The number of hydrogen-bond donors (Lipinski definition) is 2. The number of benzene rings is 2. The lowest BCUT2D eigenvalue weighted by Crippen LogP contribution is -2.34. The standard InChI is InChI=1S/2C15H17NO2.H2O/c2*17-12-7-1-2-8-13(12)18-14-9-3-5-11-6-4-10-16-15(11)14;/h2*3-6,9-10,12-13,17H,1-2,7-8H2;1H2/t2*12-,13-;/m00./s1. The lowest BCUT2D eigenvalue weighted by atomic mass is 9.95. The molecule has 4 N–H and O–H groups in total. The average Bonchev–Trinajstić information content (AvgIpc) is 2.92. The molecule has 2 aromatic heterocycles. The van der Waals surface area contributed by atoms with Crippen molar-refractivity contribution in [3.63, 3.8) is 0 Å². The van der Waals surface area contributed by atoms with Crippen molar-refractivity contribution < 1.29 is 25.2 Å². The zero-order valence-electron chi connectivity index (χ0n) is 21.0. The van der Waals surface area contributed by atoms with Crippen LogP contribution in [0.2, 0.25) is 0 Å². The molecule has 2 aromatic carbocycles. The van der Waals surface area contributed by atoms with Gasteiger partial charge < -0.3 is 25.2 Å². The molecule has 0 radical (unpaired) electrons. The molecule has 4 atom stereocenters. The Morgan fingerprint density at radius 1 is 0.568 bits per heavy atom. The maximum Gasteiger partial charge on any atom is 0.146 e. The number of aromatic nitrogens is 2. The molecule has 0 saturated heterocycles. The Kier molecular flexibility index (Phi) is 9.28. The molecule has 6 rings (SSSR count). The minimum absolute atomic E-state index is 0. The highest BCUT2D eigenvalue weighted by atomic mass is 16.5. The summed E-state index contributed by atoms with van der Waals surface area (Å²) < 4.78 is 11.9. The van der Waals surface area contributed by atoms with Crippen molar-refractivity contribution in [3.05, 3.63) is 73.1 Å². The van der Waals surface area contributed by atoms with Crippen molar-refractivity contribution in [2.75, 3.05) is 0 Å². The van der Waals surface area contributed by atoms with Crippen LogP contribution in [-0.4, -0.2) is 50.1 Å². The Hall–Kier alpha value is -3.26. The molecule has 4 aromatic rings. The van der Waals surface area contributed by atoms with Crippen molar-refractivity contribution in [2.45, 2.75) is 75.8 Å². The van der Waals surface area contributed by atoms with Crippen LogP contribution in [0.1, 0.15) is 51.4 Å². The molecule has 37 heavy (non-hydrogen) atoms. The van der Waals surface area contributed by atoms with E-state index in [1.165, 1.54) is 0 Å². The fourth-order valence-corrected chi connectivity index (χ4v) is 5.10. The van der Waals surface area contributed by atoms with E-state index < -0.39 is 0 Å². The van der Waals surface area contributed by atoms with E-state index >= 15 is 0 Å². The van der Waals surface area contributed by atoms with E-state index in [1.54, 1.807) is 12.4 Å². The van der Waals surface area contributed by atoms with Crippen LogP contribution >= 0.6 is 0 Å². The quantitative estimate of drug-likeness (QED) is 0.404. The van der Waals surface area contributed by atoms with E-state index in [9.17, 15) is 10.2 Å². The average molecular weight is 505 g/mol. The minimum atomic E-state index is -0.349. The van der Waals surface area contributed by atoms with Crippen molar-refractivity contribution in [1.29, 1.82) is 0 Å². The Labute approximate surface area is 217 Å². The molecule has 2 fully saturated rings. The van der Waals surface area contributed by atoms with Gasteiger partial charge in [0.15, 0.2) is 0 Å². The second kappa shape index (κ2) is 12.8. The van der Waals surface area contributed by atoms with Crippen LogP contribution in [-0.2, 0) is 0 Å². The van der Waals surface area contributed by atoms with Gasteiger partial charge >= 0.3 is 0 Å². The number of aliphatic hydroxyl groups excluding tert-OH is 2. The number of rotatable bonds is 4. The largest absolute Gasteiger partial charge is 0.485 e. The van der Waals surface area contributed by atoms with Crippen molar-refractivity contribution in [2.24, 2.45) is 0 Å². The van der Waals surface area contributed by atoms with Crippen molar-refractivity contribution in [3.8, 4) is 11.5 Å². The predicted octanol–water partition coefficient (Wildman–Crippen LogP) is 5.01. The van der Waals surface area contributed by atoms with Gasteiger partial charge in [-0.3, -0.25) is 9.97 Å². The summed E-state index contributed by atoms with van der Waals surface area (Å²) in [6.45, 7) is 0. The molecule has 0 unspecified atom stereocenters. The monoisotopic (exact) mass is 504 g/mol. The highest BCUT2D eigenvalue weighted by molar-refractivity contribution is 5.84. The third kappa shape index (κ3) is 6.55. The number of pyridine rings is 2. The second-order valence-electron chi connectivity index (χ2n) is 9.68. The zero-order valence-corrected chi connectivity index (χ0v) is 21.0. The highest BCUT2D eigenvalue weighted by Crippen LogP contribution is 2.29. The number of para-hydroxylation sites is 2. The van der Waals surface area contributed by atoms with Crippen LogP contribution in [0.15, 0.2) is 73.1 Å². The van der Waals surface area contributed by atoms with Crippen molar-refractivity contribution in [1.82, 2.24) is 9.97 Å². The van der Waals surface area contributed by atoms with E-state index in [4.69, 9.17) is 9.47 Å². The number of ether oxygens (including phenoxy) is 2. The summed E-state index contributed by atoms with van der Waals surface area (Å²) in [5.74, 6) is 1.55. The molecule has 7 nitrogen and oxygen atoms in total. The van der Waals surface area contributed by atoms with Gasteiger partial charge in [-0.05, 0) is 62.8 Å². The zero-order chi connectivity index (χ0) is 24.7. The Balaban J connectivity index is 0.000000168. The fourth-order valence-electron chi connectivity index (χ4n) is 5.10. The van der Waals surface area contributed by atoms with Gasteiger partial charge in [0, 0.05) is 23.2 Å². The van der Waals surface area contributed by atoms with Gasteiger partial charge in [-0.1, -0.05) is 49.2 Å². The maximum atomic E-state index is 9.96. The summed E-state index contributed by atoms with van der Waals surface area (Å²) in [4.78, 5) is 8.73. The molecule has 2 aliphatic carbocycles. The van der Waals surface area contributed by atoms with E-state index in [0.717, 1.165) is 84.7 Å². The molecule has 2 saturated carbocycles. The summed E-state index contributed by atoms with van der Waals surface area (Å²) >= 11 is 0. The highest BCUT2D eigenvalue weighted by Gasteiger charge is 2.26. The number of nitrogens with zero attached hydrogens (tertiary/aromatic N) is 2. The number of hydrogen-bond acceptors (Lipinski definition) is 6. The fraction of sp³-hybridized carbons (Fsp3) is 0.400. The Bertz CT molecular complexity index is 1170. The SMILES string of the molecule is O.O[C@H]1CCCC[C@@H]1Oc1cccc2cccnc12.O[C@H]1CCCC[C@@H]1Oc1cccc2cccnc12.